The van der Waals surface area contributed by atoms with Crippen LogP contribution in [0.3, 0.4) is 0 Å². The molecule has 1 atom stereocenters. The first-order valence-electron chi connectivity index (χ1n) is 8.08. The molecule has 0 fully saturated rings. The van der Waals surface area contributed by atoms with Crippen molar-refractivity contribution in [1.29, 1.82) is 0 Å². The molecule has 0 heterocycles. The molecular weight excluding hydrogens is 254 g/mol. The summed E-state index contributed by atoms with van der Waals surface area (Å²) in [6, 6.07) is 20.0. The van der Waals surface area contributed by atoms with Crippen molar-refractivity contribution < 1.29 is 0 Å². The van der Waals surface area contributed by atoms with Crippen LogP contribution in [0.4, 0.5) is 0 Å². The van der Waals surface area contributed by atoms with Crippen LogP contribution < -0.4 is 5.32 Å². The van der Waals surface area contributed by atoms with Gasteiger partial charge in [-0.3, -0.25) is 0 Å². The minimum absolute atomic E-state index is 0.432. The lowest BCUT2D eigenvalue weighted by Gasteiger charge is -2.27. The van der Waals surface area contributed by atoms with Crippen LogP contribution in [0.1, 0.15) is 49.4 Å². The van der Waals surface area contributed by atoms with Crippen molar-refractivity contribution in [2.75, 3.05) is 0 Å². The third kappa shape index (κ3) is 4.44. The summed E-state index contributed by atoms with van der Waals surface area (Å²) in [5.41, 5.74) is 4.09. The molecule has 112 valence electrons. The Labute approximate surface area is 129 Å². The van der Waals surface area contributed by atoms with Gasteiger partial charge in [-0.15, -0.1) is 0 Å². The smallest absolute Gasteiger partial charge is 0.0351 e. The summed E-state index contributed by atoms with van der Waals surface area (Å²) in [5, 5.41) is 3.78. The maximum Gasteiger partial charge on any atom is 0.0351 e. The van der Waals surface area contributed by atoms with E-state index in [-0.39, 0.29) is 0 Å². The third-order valence-electron chi connectivity index (χ3n) is 4.29. The van der Waals surface area contributed by atoms with E-state index in [4.69, 9.17) is 0 Å². The maximum absolute atomic E-state index is 3.78. The van der Waals surface area contributed by atoms with Crippen LogP contribution >= 0.6 is 0 Å². The van der Waals surface area contributed by atoms with Crippen LogP contribution in [0.5, 0.6) is 0 Å². The first-order chi connectivity index (χ1) is 10.2. The summed E-state index contributed by atoms with van der Waals surface area (Å²) in [5.74, 6) is 0.678. The Morgan fingerprint density at radius 2 is 1.62 bits per heavy atom. The zero-order valence-corrected chi connectivity index (χ0v) is 13.5. The van der Waals surface area contributed by atoms with Gasteiger partial charge in [0.1, 0.15) is 0 Å². The summed E-state index contributed by atoms with van der Waals surface area (Å²) >= 11 is 0. The van der Waals surface area contributed by atoms with Crippen molar-refractivity contribution >= 4 is 0 Å². The number of aryl methyl sites for hydroxylation is 1. The van der Waals surface area contributed by atoms with Gasteiger partial charge in [-0.1, -0.05) is 86.8 Å². The van der Waals surface area contributed by atoms with Gasteiger partial charge in [0, 0.05) is 12.6 Å². The molecule has 0 saturated heterocycles. The Bertz CT molecular complexity index is 529. The van der Waals surface area contributed by atoms with Gasteiger partial charge in [0.15, 0.2) is 0 Å². The Balaban J connectivity index is 2.13. The fourth-order valence-electron chi connectivity index (χ4n) is 3.03. The van der Waals surface area contributed by atoms with E-state index >= 15 is 0 Å². The zero-order chi connectivity index (χ0) is 15.1. The molecule has 2 aromatic rings. The molecule has 0 bridgehead atoms. The largest absolute Gasteiger partial charge is 0.306 e. The molecule has 1 nitrogen and oxygen atoms in total. The molecule has 0 aliphatic carbocycles. The minimum atomic E-state index is 0.432. The second-order valence-electron chi connectivity index (χ2n) is 5.83. The number of hydrogen-bond donors (Lipinski definition) is 1. The van der Waals surface area contributed by atoms with Crippen LogP contribution in [0.15, 0.2) is 54.6 Å². The van der Waals surface area contributed by atoms with Crippen molar-refractivity contribution in [3.8, 4) is 0 Å². The zero-order valence-electron chi connectivity index (χ0n) is 13.5. The van der Waals surface area contributed by atoms with Crippen LogP contribution in [0, 0.1) is 12.8 Å². The van der Waals surface area contributed by atoms with Gasteiger partial charge >= 0.3 is 0 Å². The number of rotatable bonds is 7. The third-order valence-corrected chi connectivity index (χ3v) is 4.29. The van der Waals surface area contributed by atoms with Gasteiger partial charge in [0.2, 0.25) is 0 Å². The molecule has 1 N–H and O–H groups in total. The normalized spacial score (nSPS) is 12.6. The highest BCUT2D eigenvalue weighted by atomic mass is 14.9. The van der Waals surface area contributed by atoms with Gasteiger partial charge < -0.3 is 5.32 Å². The predicted molar refractivity (Wildman–Crippen MR) is 91.3 cm³/mol. The fraction of sp³-hybridized carbons (Fsp3) is 0.400. The van der Waals surface area contributed by atoms with Crippen molar-refractivity contribution in [3.05, 3.63) is 71.3 Å². The monoisotopic (exact) mass is 281 g/mol. The van der Waals surface area contributed by atoms with Crippen LogP contribution in [-0.2, 0) is 6.54 Å². The Kier molecular flexibility index (Phi) is 6.01. The van der Waals surface area contributed by atoms with Crippen molar-refractivity contribution in [3.63, 3.8) is 0 Å². The van der Waals surface area contributed by atoms with Crippen molar-refractivity contribution in [2.45, 2.75) is 46.2 Å². The standard InChI is InChI=1S/C20H27N/c1-4-18(5-2)20(19-12-7-6-8-13-19)21-15-17-11-9-10-16(3)14-17/h6-14,18,20-21H,4-5,15H2,1-3H3. The topological polar surface area (TPSA) is 12.0 Å². The van der Waals surface area contributed by atoms with E-state index in [1.54, 1.807) is 0 Å². The van der Waals surface area contributed by atoms with Crippen molar-refractivity contribution in [2.24, 2.45) is 5.92 Å². The Morgan fingerprint density at radius 3 is 2.24 bits per heavy atom. The molecule has 2 aromatic carbocycles. The summed E-state index contributed by atoms with van der Waals surface area (Å²) in [6.45, 7) is 7.66. The first-order valence-corrected chi connectivity index (χ1v) is 8.08. The van der Waals surface area contributed by atoms with Crippen LogP contribution in [0.2, 0.25) is 0 Å². The van der Waals surface area contributed by atoms with Gasteiger partial charge in [0.25, 0.3) is 0 Å². The molecule has 1 unspecified atom stereocenters. The number of nitrogens with one attached hydrogen (secondary N) is 1. The van der Waals surface area contributed by atoms with Gasteiger partial charge in [-0.2, -0.15) is 0 Å². The van der Waals surface area contributed by atoms with Crippen LogP contribution in [0.25, 0.3) is 0 Å². The molecule has 0 spiro atoms. The lowest BCUT2D eigenvalue weighted by atomic mass is 9.88. The van der Waals surface area contributed by atoms with E-state index in [1.807, 2.05) is 0 Å². The Morgan fingerprint density at radius 1 is 0.905 bits per heavy atom. The van der Waals surface area contributed by atoms with E-state index in [0.717, 1.165) is 6.54 Å². The molecule has 0 saturated carbocycles. The second-order valence-corrected chi connectivity index (χ2v) is 5.83. The molecule has 1 heteroatoms. The second kappa shape index (κ2) is 7.99. The highest BCUT2D eigenvalue weighted by Crippen LogP contribution is 2.27. The number of hydrogen-bond acceptors (Lipinski definition) is 1. The minimum Gasteiger partial charge on any atom is -0.306 e. The van der Waals surface area contributed by atoms with E-state index < -0.39 is 0 Å². The molecule has 0 radical (unpaired) electrons. The van der Waals surface area contributed by atoms with Gasteiger partial charge in [-0.25, -0.2) is 0 Å². The van der Waals surface area contributed by atoms with E-state index in [2.05, 4.69) is 80.7 Å². The summed E-state index contributed by atoms with van der Waals surface area (Å²) < 4.78 is 0. The summed E-state index contributed by atoms with van der Waals surface area (Å²) in [4.78, 5) is 0. The SMILES string of the molecule is CCC(CC)C(NCc1cccc(C)c1)c1ccccc1. The lowest BCUT2D eigenvalue weighted by molar-refractivity contribution is 0.339. The molecule has 21 heavy (non-hydrogen) atoms. The summed E-state index contributed by atoms with van der Waals surface area (Å²) in [7, 11) is 0. The molecular formula is C20H27N. The molecule has 0 aromatic heterocycles. The first kappa shape index (κ1) is 15.8. The number of benzene rings is 2. The van der Waals surface area contributed by atoms with Crippen molar-refractivity contribution in [1.82, 2.24) is 5.32 Å². The molecule has 2 rings (SSSR count). The maximum atomic E-state index is 3.78. The van der Waals surface area contributed by atoms with E-state index in [0.29, 0.717) is 12.0 Å². The van der Waals surface area contributed by atoms with Gasteiger partial charge in [-0.05, 0) is 24.0 Å². The molecule has 0 aliphatic heterocycles. The predicted octanol–water partition coefficient (Wildman–Crippen LogP) is 5.26. The van der Waals surface area contributed by atoms with Gasteiger partial charge in [0.05, 0.1) is 0 Å². The molecule has 0 amide bonds. The average molecular weight is 281 g/mol. The highest BCUT2D eigenvalue weighted by molar-refractivity contribution is 5.23. The Hall–Kier alpha value is -1.60. The molecule has 0 aliphatic rings. The van der Waals surface area contributed by atoms with E-state index in [1.165, 1.54) is 29.5 Å². The average Bonchev–Trinajstić information content (AvgIpc) is 2.52. The fourth-order valence-corrected chi connectivity index (χ4v) is 3.03. The lowest BCUT2D eigenvalue weighted by Crippen LogP contribution is -2.27. The highest BCUT2D eigenvalue weighted by Gasteiger charge is 2.19. The van der Waals surface area contributed by atoms with Crippen LogP contribution in [-0.4, -0.2) is 0 Å². The summed E-state index contributed by atoms with van der Waals surface area (Å²) in [6.07, 6.45) is 2.41. The quantitative estimate of drug-likeness (QED) is 0.729. The van der Waals surface area contributed by atoms with E-state index in [9.17, 15) is 0 Å².